The van der Waals surface area contributed by atoms with Crippen LogP contribution in [0.1, 0.15) is 38.8 Å². The molecule has 0 saturated carbocycles. The maximum absolute atomic E-state index is 12.8. The molecule has 0 saturated heterocycles. The van der Waals surface area contributed by atoms with Gasteiger partial charge in [-0.3, -0.25) is 4.79 Å². The number of hydrogen-bond donors (Lipinski definition) is 2. The van der Waals surface area contributed by atoms with Crippen LogP contribution in [0.25, 0.3) is 0 Å². The van der Waals surface area contributed by atoms with E-state index in [0.29, 0.717) is 0 Å². The van der Waals surface area contributed by atoms with Gasteiger partial charge in [-0.15, -0.1) is 0 Å². The van der Waals surface area contributed by atoms with Crippen LogP contribution in [0.15, 0.2) is 60.7 Å². The van der Waals surface area contributed by atoms with E-state index in [1.54, 1.807) is 20.8 Å². The van der Waals surface area contributed by atoms with Crippen LogP contribution in [0.2, 0.25) is 0 Å². The van der Waals surface area contributed by atoms with Crippen molar-refractivity contribution in [3.63, 3.8) is 0 Å². The highest BCUT2D eigenvalue weighted by molar-refractivity contribution is 5.89. The Labute approximate surface area is 194 Å². The van der Waals surface area contributed by atoms with E-state index in [1.807, 2.05) is 60.7 Å². The summed E-state index contributed by atoms with van der Waals surface area (Å²) in [4.78, 5) is 37.3. The molecule has 8 nitrogen and oxygen atoms in total. The van der Waals surface area contributed by atoms with Crippen LogP contribution < -0.4 is 10.6 Å². The van der Waals surface area contributed by atoms with Crippen molar-refractivity contribution >= 4 is 18.0 Å². The molecule has 0 aliphatic carbocycles. The van der Waals surface area contributed by atoms with E-state index in [1.165, 1.54) is 6.92 Å². The first kappa shape index (κ1) is 25.9. The zero-order valence-corrected chi connectivity index (χ0v) is 19.5. The molecule has 178 valence electrons. The number of esters is 1. The molecule has 33 heavy (non-hydrogen) atoms. The number of alkyl carbamates (subject to hydrolysis) is 1. The molecule has 0 aromatic heterocycles. The van der Waals surface area contributed by atoms with Crippen molar-refractivity contribution in [2.24, 2.45) is 0 Å². The zero-order chi connectivity index (χ0) is 24.3. The van der Waals surface area contributed by atoms with Gasteiger partial charge in [-0.2, -0.15) is 0 Å². The van der Waals surface area contributed by atoms with Gasteiger partial charge in [-0.1, -0.05) is 60.7 Å². The first-order valence-electron chi connectivity index (χ1n) is 10.8. The molecule has 0 unspecified atom stereocenters. The Balaban J connectivity index is 1.93. The third kappa shape index (κ3) is 10.2. The predicted octanol–water partition coefficient (Wildman–Crippen LogP) is 3.34. The molecule has 2 aromatic rings. The van der Waals surface area contributed by atoms with Crippen molar-refractivity contribution in [3.05, 3.63) is 71.8 Å². The van der Waals surface area contributed by atoms with Crippen molar-refractivity contribution < 1.29 is 28.6 Å². The molecule has 0 aliphatic rings. The summed E-state index contributed by atoms with van der Waals surface area (Å²) in [5.41, 5.74) is 1.03. The van der Waals surface area contributed by atoms with E-state index < -0.39 is 35.7 Å². The van der Waals surface area contributed by atoms with E-state index >= 15 is 0 Å². The number of ether oxygens (including phenoxy) is 3. The third-order valence-corrected chi connectivity index (χ3v) is 4.34. The van der Waals surface area contributed by atoms with Crippen LogP contribution in [0, 0.1) is 0 Å². The molecule has 0 aliphatic heterocycles. The van der Waals surface area contributed by atoms with Crippen LogP contribution >= 0.6 is 0 Å². The van der Waals surface area contributed by atoms with Crippen molar-refractivity contribution in [2.45, 2.75) is 58.6 Å². The minimum absolute atomic E-state index is 0.0969. The minimum Gasteiger partial charge on any atom is -0.459 e. The van der Waals surface area contributed by atoms with Gasteiger partial charge in [0.15, 0.2) is 0 Å². The Morgan fingerprint density at radius 3 is 1.94 bits per heavy atom. The highest BCUT2D eigenvalue weighted by Crippen LogP contribution is 2.08. The Morgan fingerprint density at radius 2 is 1.39 bits per heavy atom. The van der Waals surface area contributed by atoms with Gasteiger partial charge >= 0.3 is 12.1 Å². The molecule has 2 atom stereocenters. The van der Waals surface area contributed by atoms with Gasteiger partial charge in [0.25, 0.3) is 0 Å². The maximum Gasteiger partial charge on any atom is 0.408 e. The molecule has 2 N–H and O–H groups in total. The minimum atomic E-state index is -1.06. The van der Waals surface area contributed by atoms with E-state index in [-0.39, 0.29) is 19.8 Å². The Morgan fingerprint density at radius 1 is 0.848 bits per heavy atom. The number of benzene rings is 2. The van der Waals surface area contributed by atoms with Gasteiger partial charge in [0, 0.05) is 0 Å². The fraction of sp³-hybridized carbons (Fsp3) is 0.400. The molecular weight excluding hydrogens is 424 g/mol. The number of carbonyl (C=O) groups excluding carboxylic acids is 3. The van der Waals surface area contributed by atoms with Gasteiger partial charge in [0.1, 0.15) is 24.3 Å². The fourth-order valence-electron chi connectivity index (χ4n) is 2.73. The van der Waals surface area contributed by atoms with Gasteiger partial charge in [0.2, 0.25) is 5.91 Å². The maximum atomic E-state index is 12.8. The Bertz CT molecular complexity index is 896. The molecule has 0 fully saturated rings. The van der Waals surface area contributed by atoms with Gasteiger partial charge < -0.3 is 24.8 Å². The van der Waals surface area contributed by atoms with E-state index in [0.717, 1.165) is 11.1 Å². The number of carbonyl (C=O) groups is 3. The Kier molecular flexibility index (Phi) is 9.87. The number of hydrogen-bond acceptors (Lipinski definition) is 6. The summed E-state index contributed by atoms with van der Waals surface area (Å²) in [6, 6.07) is 16.7. The van der Waals surface area contributed by atoms with Crippen LogP contribution in [0.3, 0.4) is 0 Å². The average Bonchev–Trinajstić information content (AvgIpc) is 2.76. The van der Waals surface area contributed by atoms with Crippen LogP contribution in [-0.4, -0.2) is 42.3 Å². The second-order valence-corrected chi connectivity index (χ2v) is 8.52. The molecule has 8 heteroatoms. The lowest BCUT2D eigenvalue weighted by Crippen LogP contribution is -2.53. The summed E-state index contributed by atoms with van der Waals surface area (Å²) >= 11 is 0. The summed E-state index contributed by atoms with van der Waals surface area (Å²) in [7, 11) is 0. The topological polar surface area (TPSA) is 103 Å². The van der Waals surface area contributed by atoms with Gasteiger partial charge in [-0.25, -0.2) is 9.59 Å². The third-order valence-electron chi connectivity index (χ3n) is 4.34. The molecule has 2 amide bonds. The number of rotatable bonds is 10. The summed E-state index contributed by atoms with van der Waals surface area (Å²) < 4.78 is 16.1. The van der Waals surface area contributed by atoms with Crippen LogP contribution in [-0.2, 0) is 37.0 Å². The van der Waals surface area contributed by atoms with Gasteiger partial charge in [0.05, 0.1) is 13.2 Å². The SMILES string of the molecule is C[C@@H](NC(=O)[C@H](COCc1ccccc1)NC(=O)OC(C)(C)C)C(=O)OCc1ccccc1. The van der Waals surface area contributed by atoms with Crippen LogP contribution in [0.5, 0.6) is 0 Å². The molecule has 0 heterocycles. The summed E-state index contributed by atoms with van der Waals surface area (Å²) in [6.07, 6.45) is -0.759. The van der Waals surface area contributed by atoms with Crippen molar-refractivity contribution in [1.29, 1.82) is 0 Å². The highest BCUT2D eigenvalue weighted by Gasteiger charge is 2.27. The molecule has 2 rings (SSSR count). The lowest BCUT2D eigenvalue weighted by molar-refractivity contribution is -0.149. The number of nitrogens with one attached hydrogen (secondary N) is 2. The van der Waals surface area contributed by atoms with Crippen molar-refractivity contribution in [3.8, 4) is 0 Å². The summed E-state index contributed by atoms with van der Waals surface area (Å²) in [5.74, 6) is -1.17. The smallest absolute Gasteiger partial charge is 0.408 e. The van der Waals surface area contributed by atoms with E-state index in [4.69, 9.17) is 14.2 Å². The molecule has 0 radical (unpaired) electrons. The van der Waals surface area contributed by atoms with Crippen LogP contribution in [0.4, 0.5) is 4.79 Å². The quantitative estimate of drug-likeness (QED) is 0.532. The first-order valence-corrected chi connectivity index (χ1v) is 10.8. The van der Waals surface area contributed by atoms with Crippen molar-refractivity contribution in [2.75, 3.05) is 6.61 Å². The molecule has 2 aromatic carbocycles. The predicted molar refractivity (Wildman–Crippen MR) is 123 cm³/mol. The van der Waals surface area contributed by atoms with Crippen molar-refractivity contribution in [1.82, 2.24) is 10.6 Å². The summed E-state index contributed by atoms with van der Waals surface area (Å²) in [6.45, 7) is 6.93. The molecular formula is C25H32N2O6. The first-order chi connectivity index (χ1) is 15.6. The monoisotopic (exact) mass is 456 g/mol. The van der Waals surface area contributed by atoms with E-state index in [9.17, 15) is 14.4 Å². The lowest BCUT2D eigenvalue weighted by Gasteiger charge is -2.24. The van der Waals surface area contributed by atoms with E-state index in [2.05, 4.69) is 10.6 Å². The standard InChI is InChI=1S/C25H32N2O6/c1-18(23(29)32-16-20-13-9-6-10-14-20)26-22(28)21(27-24(30)33-25(2,3)4)17-31-15-19-11-7-5-8-12-19/h5-14,18,21H,15-17H2,1-4H3,(H,26,28)(H,27,30)/t18-,21+/m1/s1. The highest BCUT2D eigenvalue weighted by atomic mass is 16.6. The lowest BCUT2D eigenvalue weighted by atomic mass is 10.2. The zero-order valence-electron chi connectivity index (χ0n) is 19.5. The largest absolute Gasteiger partial charge is 0.459 e. The normalized spacial score (nSPS) is 12.8. The Hall–Kier alpha value is -3.39. The fourth-order valence-corrected chi connectivity index (χ4v) is 2.73. The second kappa shape index (κ2) is 12.6. The van der Waals surface area contributed by atoms with Gasteiger partial charge in [-0.05, 0) is 38.8 Å². The molecule has 0 spiro atoms. The second-order valence-electron chi connectivity index (χ2n) is 8.52. The average molecular weight is 457 g/mol. The number of amides is 2. The molecule has 0 bridgehead atoms. The summed E-state index contributed by atoms with van der Waals surface area (Å²) in [5, 5.41) is 5.08.